The third-order valence-corrected chi connectivity index (χ3v) is 1.66. The zero-order valence-corrected chi connectivity index (χ0v) is 9.43. The summed E-state index contributed by atoms with van der Waals surface area (Å²) in [5.41, 5.74) is 0.561. The lowest BCUT2D eigenvalue weighted by molar-refractivity contribution is -0.115. The van der Waals surface area contributed by atoms with Crippen molar-refractivity contribution < 1.29 is 4.79 Å². The smallest absolute Gasteiger partial charge is 0.224 e. The van der Waals surface area contributed by atoms with E-state index in [-0.39, 0.29) is 5.91 Å². The molecule has 1 aromatic rings. The average molecular weight is 215 g/mol. The van der Waals surface area contributed by atoms with E-state index in [2.05, 4.69) is 10.3 Å². The lowest BCUT2D eigenvalue weighted by Crippen LogP contribution is -2.09. The number of anilines is 1. The normalized spacial score (nSPS) is 8.57. The van der Waals surface area contributed by atoms with Crippen LogP contribution in [-0.4, -0.2) is 10.9 Å². The van der Waals surface area contributed by atoms with E-state index < -0.39 is 0 Å². The molecular weight excluding hydrogens is 200 g/mol. The molecule has 0 atom stereocenters. The number of amides is 1. The fraction of sp³-hybridized carbons (Fsp3) is 0.400. The molecule has 0 fully saturated rings. The van der Waals surface area contributed by atoms with Crippen molar-refractivity contribution in [2.75, 3.05) is 5.32 Å². The van der Waals surface area contributed by atoms with Gasteiger partial charge in [-0.1, -0.05) is 32.4 Å². The van der Waals surface area contributed by atoms with Gasteiger partial charge >= 0.3 is 0 Å². The summed E-state index contributed by atoms with van der Waals surface area (Å²) in [6.07, 6.45) is 2.01. The summed E-state index contributed by atoms with van der Waals surface area (Å²) < 4.78 is 0. The van der Waals surface area contributed by atoms with Gasteiger partial charge in [-0.25, -0.2) is 4.98 Å². The second-order valence-corrected chi connectivity index (χ2v) is 2.60. The second-order valence-electron chi connectivity index (χ2n) is 2.24. The quantitative estimate of drug-likeness (QED) is 0.769. The van der Waals surface area contributed by atoms with E-state index in [0.29, 0.717) is 17.3 Å². The highest BCUT2D eigenvalue weighted by Crippen LogP contribution is 2.17. The Bertz CT molecular complexity index is 289. The van der Waals surface area contributed by atoms with E-state index in [1.807, 2.05) is 13.8 Å². The van der Waals surface area contributed by atoms with Gasteiger partial charge in [0.05, 0.1) is 5.69 Å². The first-order chi connectivity index (χ1) is 6.74. The van der Waals surface area contributed by atoms with Crippen molar-refractivity contribution in [3.8, 4) is 0 Å². The minimum atomic E-state index is -0.0649. The molecule has 0 aliphatic rings. The molecular formula is C10H15ClN2O. The lowest BCUT2D eigenvalue weighted by atomic mass is 10.4. The van der Waals surface area contributed by atoms with Crippen LogP contribution in [-0.2, 0) is 4.79 Å². The first-order valence-electron chi connectivity index (χ1n) is 4.64. The predicted molar refractivity (Wildman–Crippen MR) is 59.5 cm³/mol. The number of nitrogens with zero attached hydrogens (tertiary/aromatic N) is 1. The van der Waals surface area contributed by atoms with Crippen molar-refractivity contribution in [1.29, 1.82) is 0 Å². The highest BCUT2D eigenvalue weighted by atomic mass is 35.5. The van der Waals surface area contributed by atoms with Gasteiger partial charge in [0.1, 0.15) is 0 Å². The molecule has 4 heteroatoms. The molecule has 1 aromatic heterocycles. The molecule has 0 bridgehead atoms. The summed E-state index contributed by atoms with van der Waals surface area (Å²) in [5.74, 6) is -0.0649. The number of pyridine rings is 1. The van der Waals surface area contributed by atoms with Gasteiger partial charge in [0.15, 0.2) is 5.15 Å². The van der Waals surface area contributed by atoms with Crippen molar-refractivity contribution in [3.63, 3.8) is 0 Å². The summed E-state index contributed by atoms with van der Waals surface area (Å²) >= 11 is 5.70. The molecule has 1 rings (SSSR count). The maximum absolute atomic E-state index is 10.9. The maximum Gasteiger partial charge on any atom is 0.224 e. The summed E-state index contributed by atoms with van der Waals surface area (Å²) in [7, 11) is 0. The topological polar surface area (TPSA) is 42.0 Å². The largest absolute Gasteiger partial charge is 0.323 e. The van der Waals surface area contributed by atoms with Crippen molar-refractivity contribution in [3.05, 3.63) is 23.5 Å². The van der Waals surface area contributed by atoms with Crippen LogP contribution >= 0.6 is 11.6 Å². The monoisotopic (exact) mass is 214 g/mol. The molecule has 14 heavy (non-hydrogen) atoms. The Morgan fingerprint density at radius 2 is 2.21 bits per heavy atom. The summed E-state index contributed by atoms with van der Waals surface area (Å²) in [5, 5.41) is 2.95. The van der Waals surface area contributed by atoms with Crippen LogP contribution < -0.4 is 5.32 Å². The minimum Gasteiger partial charge on any atom is -0.323 e. The molecule has 0 radical (unpaired) electrons. The molecule has 0 saturated heterocycles. The molecule has 1 N–H and O–H groups in total. The molecule has 0 aliphatic heterocycles. The van der Waals surface area contributed by atoms with E-state index in [1.54, 1.807) is 25.3 Å². The molecule has 78 valence electrons. The van der Waals surface area contributed by atoms with Crippen LogP contribution in [0.25, 0.3) is 0 Å². The molecule has 0 aromatic carbocycles. The third kappa shape index (κ3) is 4.23. The highest BCUT2D eigenvalue weighted by Gasteiger charge is 2.02. The third-order valence-electron chi connectivity index (χ3n) is 1.35. The number of nitrogens with one attached hydrogen (secondary N) is 1. The molecule has 1 amide bonds. The number of aromatic nitrogens is 1. The van der Waals surface area contributed by atoms with Crippen LogP contribution in [0.5, 0.6) is 0 Å². The summed E-state index contributed by atoms with van der Waals surface area (Å²) in [6.45, 7) is 5.78. The number of carbonyl (C=O) groups excluding carboxylic acids is 1. The van der Waals surface area contributed by atoms with Gasteiger partial charge in [-0.05, 0) is 12.1 Å². The van der Waals surface area contributed by atoms with Crippen LogP contribution in [0, 0.1) is 0 Å². The molecule has 0 saturated carbocycles. The van der Waals surface area contributed by atoms with E-state index >= 15 is 0 Å². The van der Waals surface area contributed by atoms with E-state index in [4.69, 9.17) is 11.6 Å². The lowest BCUT2D eigenvalue weighted by Gasteiger charge is -2.03. The Labute approximate surface area is 89.5 Å². The maximum atomic E-state index is 10.9. The predicted octanol–water partition coefficient (Wildman–Crippen LogP) is 3.11. The Morgan fingerprint density at radius 1 is 1.57 bits per heavy atom. The van der Waals surface area contributed by atoms with Crippen LogP contribution in [0.1, 0.15) is 27.2 Å². The molecule has 0 aliphatic carbocycles. The number of halogens is 1. The van der Waals surface area contributed by atoms with Gasteiger partial charge in [0, 0.05) is 12.6 Å². The Balaban J connectivity index is 0.000000791. The number of rotatable bonds is 2. The van der Waals surface area contributed by atoms with Gasteiger partial charge in [0.25, 0.3) is 0 Å². The molecule has 0 unspecified atom stereocenters. The van der Waals surface area contributed by atoms with Gasteiger partial charge < -0.3 is 5.32 Å². The average Bonchev–Trinajstić information content (AvgIpc) is 2.24. The van der Waals surface area contributed by atoms with E-state index in [9.17, 15) is 4.79 Å². The molecule has 0 spiro atoms. The highest BCUT2D eigenvalue weighted by molar-refractivity contribution is 6.32. The van der Waals surface area contributed by atoms with Crippen molar-refractivity contribution in [2.24, 2.45) is 0 Å². The zero-order chi connectivity index (χ0) is 11.0. The summed E-state index contributed by atoms with van der Waals surface area (Å²) in [6, 6.07) is 3.43. The van der Waals surface area contributed by atoms with Gasteiger partial charge in [0.2, 0.25) is 5.91 Å². The van der Waals surface area contributed by atoms with Crippen LogP contribution in [0.4, 0.5) is 5.69 Å². The summed E-state index contributed by atoms with van der Waals surface area (Å²) in [4.78, 5) is 14.8. The van der Waals surface area contributed by atoms with Crippen molar-refractivity contribution in [2.45, 2.75) is 27.2 Å². The number of carbonyl (C=O) groups is 1. The molecule has 1 heterocycles. The number of hydrogen-bond donors (Lipinski definition) is 1. The van der Waals surface area contributed by atoms with Crippen molar-refractivity contribution >= 4 is 23.2 Å². The first-order valence-corrected chi connectivity index (χ1v) is 5.02. The minimum absolute atomic E-state index is 0.0649. The van der Waals surface area contributed by atoms with Crippen LogP contribution in [0.3, 0.4) is 0 Å². The van der Waals surface area contributed by atoms with Crippen molar-refractivity contribution in [1.82, 2.24) is 4.98 Å². The van der Waals surface area contributed by atoms with Crippen LogP contribution in [0.15, 0.2) is 18.3 Å². The van der Waals surface area contributed by atoms with Gasteiger partial charge in [-0.2, -0.15) is 0 Å². The Hall–Kier alpha value is -1.09. The van der Waals surface area contributed by atoms with E-state index in [1.165, 1.54) is 0 Å². The zero-order valence-electron chi connectivity index (χ0n) is 8.67. The molecule has 3 nitrogen and oxygen atoms in total. The van der Waals surface area contributed by atoms with Gasteiger partial charge in [-0.15, -0.1) is 0 Å². The Morgan fingerprint density at radius 3 is 2.71 bits per heavy atom. The SMILES string of the molecule is CC.CCC(=O)Nc1cccnc1Cl. The first kappa shape index (κ1) is 12.9. The van der Waals surface area contributed by atoms with Gasteiger partial charge in [-0.3, -0.25) is 4.79 Å². The number of hydrogen-bond acceptors (Lipinski definition) is 2. The standard InChI is InChI=1S/C8H9ClN2O.C2H6/c1-2-7(12)11-6-4-3-5-10-8(6)9;1-2/h3-5H,2H2,1H3,(H,11,12);1-2H3. The fourth-order valence-electron chi connectivity index (χ4n) is 0.718. The second kappa shape index (κ2) is 7.33. The Kier molecular flexibility index (Phi) is 6.76. The fourth-order valence-corrected chi connectivity index (χ4v) is 0.884. The van der Waals surface area contributed by atoms with Crippen LogP contribution in [0.2, 0.25) is 5.15 Å². The van der Waals surface area contributed by atoms with E-state index in [0.717, 1.165) is 0 Å².